The Hall–Kier alpha value is 4.74. The van der Waals surface area contributed by atoms with Gasteiger partial charge in [-0.15, -0.1) is 0 Å². The Labute approximate surface area is 149 Å². The summed E-state index contributed by atoms with van der Waals surface area (Å²) in [7, 11) is 0. The summed E-state index contributed by atoms with van der Waals surface area (Å²) in [6, 6.07) is 0. The first kappa shape index (κ1) is 23.3. The first-order chi connectivity index (χ1) is 0. The second kappa shape index (κ2) is 15.6. The minimum absolute atomic E-state index is 0. The Kier molecular flexibility index (Phi) is 91.2. The van der Waals surface area contributed by atoms with E-state index < -0.39 is 0 Å². The van der Waals surface area contributed by atoms with E-state index in [1.165, 1.54) is 0 Å². The van der Waals surface area contributed by atoms with Crippen LogP contribution in [0.3, 0.4) is 0 Å². The van der Waals surface area contributed by atoms with Crippen molar-refractivity contribution in [3.8, 4) is 0 Å². The van der Waals surface area contributed by atoms with Crippen LogP contribution in [0.1, 0.15) is 0 Å². The first-order valence-electron chi connectivity index (χ1n) is 0. The second-order valence-corrected chi connectivity index (χ2v) is 0. The smallest absolute Gasteiger partial charge is 0 e. The van der Waals surface area contributed by atoms with Crippen LogP contribution in [0.25, 0.3) is 0 Å². The Morgan fingerprint density at radius 1 is 1.00 bits per heavy atom. The predicted molar refractivity (Wildman–Crippen MR) is 24.9 cm³/mol. The minimum atomic E-state index is 0. The Morgan fingerprint density at radius 2 is 1.00 bits per heavy atom. The Morgan fingerprint density at radius 3 is 1.00 bits per heavy atom. The van der Waals surface area contributed by atoms with E-state index in [1.54, 1.807) is 0 Å². The molecule has 0 atom stereocenters. The molecule has 0 aliphatic rings. The van der Waals surface area contributed by atoms with Gasteiger partial charge in [-0.25, -0.2) is 0 Å². The molecule has 4 heteroatoms. The summed E-state index contributed by atoms with van der Waals surface area (Å²) in [5, 5.41) is 0. The van der Waals surface area contributed by atoms with E-state index in [1.807, 2.05) is 0 Å². The van der Waals surface area contributed by atoms with Crippen LogP contribution in [-0.2, 0) is 0 Å². The number of rotatable bonds is 0. The standard InChI is InChI=1S/Ba.Cs.Mg.S. The molecular formula is BaCsMgS. The predicted octanol–water partition coefficient (Wildman–Crippen LogP) is -0.494. The molecule has 0 aromatic heterocycles. The molecule has 0 aromatic carbocycles. The van der Waals surface area contributed by atoms with Crippen LogP contribution in [-0.4, -0.2) is 141 Å². The normalized spacial score (nSPS) is 0. The van der Waals surface area contributed by atoms with Gasteiger partial charge in [0.2, 0.25) is 0 Å². The van der Waals surface area contributed by atoms with Crippen molar-refractivity contribution in [3.63, 3.8) is 0 Å². The summed E-state index contributed by atoms with van der Waals surface area (Å²) in [5.41, 5.74) is 0. The molecule has 0 fully saturated rings. The maximum atomic E-state index is 0. The molecule has 0 unspecified atom stereocenters. The summed E-state index contributed by atoms with van der Waals surface area (Å²) in [4.78, 5) is 0. The fourth-order valence-corrected chi connectivity index (χ4v) is 0. The van der Waals surface area contributed by atoms with Crippen molar-refractivity contribution in [2.75, 3.05) is 0 Å². The van der Waals surface area contributed by atoms with E-state index >= 15 is 0 Å². The topological polar surface area (TPSA) is 0 Å². The van der Waals surface area contributed by atoms with Crippen LogP contribution in [0.5, 0.6) is 0 Å². The zero-order valence-corrected chi connectivity index (χ0v) is 15.8. The monoisotopic (exact) mass is 327 g/mol. The third-order valence-corrected chi connectivity index (χ3v) is 0. The number of hydrogen-bond donors (Lipinski definition) is 0. The summed E-state index contributed by atoms with van der Waals surface area (Å²) < 4.78 is 0. The second-order valence-electron chi connectivity index (χ2n) is 0. The maximum absolute atomic E-state index is 0. The fourth-order valence-electron chi connectivity index (χ4n) is 0. The van der Waals surface area contributed by atoms with Gasteiger partial charge in [-0.05, 0) is 0 Å². The molecule has 0 saturated heterocycles. The quantitative estimate of drug-likeness (QED) is 0.527. The van der Waals surface area contributed by atoms with Gasteiger partial charge in [0.25, 0.3) is 0 Å². The van der Waals surface area contributed by atoms with Crippen molar-refractivity contribution in [1.82, 2.24) is 0 Å². The minimum Gasteiger partial charge on any atom is 0 e. The van der Waals surface area contributed by atoms with Gasteiger partial charge >= 0.3 is 0 Å². The van der Waals surface area contributed by atoms with Gasteiger partial charge < -0.3 is 0 Å². The van der Waals surface area contributed by atoms with Crippen molar-refractivity contribution >= 4 is 154 Å². The molecule has 0 aromatic rings. The zero-order chi connectivity index (χ0) is 0. The Bertz CT molecular complexity index is 8.00. The summed E-state index contributed by atoms with van der Waals surface area (Å²) in [6.45, 7) is 0. The van der Waals surface area contributed by atoms with Crippen LogP contribution in [0.4, 0.5) is 0 Å². The average Bonchev–Trinajstić information content (AvgIpc) is 0. The third-order valence-electron chi connectivity index (χ3n) is 0. The molecule has 0 heterocycles. The zero-order valence-electron chi connectivity index (χ0n) is 2.82. The molecule has 0 N–H and O–H groups in total. The first-order valence-corrected chi connectivity index (χ1v) is 0. The van der Waals surface area contributed by atoms with E-state index in [-0.39, 0.29) is 154 Å². The molecule has 0 bridgehead atoms. The van der Waals surface area contributed by atoms with Crippen molar-refractivity contribution in [2.24, 2.45) is 0 Å². The third kappa shape index (κ3) is 9.88. The van der Waals surface area contributed by atoms with Crippen LogP contribution >= 0.6 is 13.5 Å². The molecule has 0 aliphatic heterocycles. The molecular weight excluding hydrogens is 327 g/mol. The molecule has 0 spiro atoms. The van der Waals surface area contributed by atoms with Crippen LogP contribution in [0, 0.1) is 0 Å². The van der Waals surface area contributed by atoms with Crippen molar-refractivity contribution in [2.45, 2.75) is 0 Å². The van der Waals surface area contributed by atoms with Gasteiger partial charge in [-0.2, -0.15) is 0 Å². The van der Waals surface area contributed by atoms with Gasteiger partial charge in [-0.1, -0.05) is 0 Å². The van der Waals surface area contributed by atoms with Crippen molar-refractivity contribution in [1.29, 1.82) is 0 Å². The number of hydrogen-bond acceptors (Lipinski definition) is 0. The molecule has 0 amide bonds. The summed E-state index contributed by atoms with van der Waals surface area (Å²) in [5.74, 6) is 0. The van der Waals surface area contributed by atoms with Gasteiger partial charge in [0.1, 0.15) is 0 Å². The van der Waals surface area contributed by atoms with Gasteiger partial charge in [0.05, 0.1) is 0 Å². The molecule has 0 aliphatic carbocycles. The van der Waals surface area contributed by atoms with E-state index in [4.69, 9.17) is 0 Å². The van der Waals surface area contributed by atoms with E-state index in [0.717, 1.165) is 0 Å². The molecule has 11 valence electrons. The van der Waals surface area contributed by atoms with E-state index in [9.17, 15) is 0 Å². The van der Waals surface area contributed by atoms with E-state index in [0.29, 0.717) is 0 Å². The summed E-state index contributed by atoms with van der Waals surface area (Å²) >= 11 is 0. The van der Waals surface area contributed by atoms with Gasteiger partial charge in [-0.3, -0.25) is 0 Å². The van der Waals surface area contributed by atoms with Gasteiger partial charge in [0.15, 0.2) is 0 Å². The summed E-state index contributed by atoms with van der Waals surface area (Å²) in [6.07, 6.45) is 0. The molecule has 0 nitrogen and oxygen atoms in total. The van der Waals surface area contributed by atoms with Crippen LogP contribution in [0.2, 0.25) is 0 Å². The molecule has 7 radical (unpaired) electrons. The van der Waals surface area contributed by atoms with Crippen LogP contribution in [0.15, 0.2) is 0 Å². The largest absolute Gasteiger partial charge is 0 e. The molecule has 0 saturated carbocycles. The van der Waals surface area contributed by atoms with Crippen molar-refractivity contribution in [3.05, 3.63) is 0 Å². The molecule has 4 heavy (non-hydrogen) atoms. The maximum Gasteiger partial charge on any atom is 0 e. The fraction of sp³-hybridized carbons (Fsp3) is 0. The average molecular weight is 327 g/mol. The van der Waals surface area contributed by atoms with Crippen molar-refractivity contribution < 1.29 is 0 Å². The SMILES string of the molecule is [Ba].[Cs].[Mg].[S]. The van der Waals surface area contributed by atoms with Crippen LogP contribution < -0.4 is 0 Å². The van der Waals surface area contributed by atoms with E-state index in [2.05, 4.69) is 0 Å². The van der Waals surface area contributed by atoms with Gasteiger partial charge in [0, 0.05) is 154 Å². The molecule has 0 rings (SSSR count). The Balaban J connectivity index is 0.